The molecule has 4 aromatic rings. The Morgan fingerprint density at radius 1 is 0.923 bits per heavy atom. The molecule has 0 atom stereocenters. The maximum Gasteiger partial charge on any atom is 0.155 e. The van der Waals surface area contributed by atoms with Crippen LogP contribution in [0, 0.1) is 5.82 Å². The smallest absolute Gasteiger partial charge is 0.155 e. The molecular weight excluding hydrogens is 329 g/mol. The first-order chi connectivity index (χ1) is 12.7. The van der Waals surface area contributed by atoms with Crippen molar-refractivity contribution in [3.63, 3.8) is 0 Å². The van der Waals surface area contributed by atoms with Gasteiger partial charge in [0.25, 0.3) is 0 Å². The predicted octanol–water partition coefficient (Wildman–Crippen LogP) is 3.71. The lowest BCUT2D eigenvalue weighted by Crippen LogP contribution is -2.02. The zero-order valence-electron chi connectivity index (χ0n) is 14.1. The lowest BCUT2D eigenvalue weighted by molar-refractivity contribution is 0.611. The van der Waals surface area contributed by atoms with E-state index < -0.39 is 0 Å². The Balaban J connectivity index is 1.57. The average molecular weight is 347 g/mol. The van der Waals surface area contributed by atoms with E-state index in [4.69, 9.17) is 5.73 Å². The zero-order valence-corrected chi connectivity index (χ0v) is 14.1. The number of fused-ring (bicyclic) bond motifs is 1. The van der Waals surface area contributed by atoms with Crippen LogP contribution in [0.4, 0.5) is 10.2 Å². The van der Waals surface area contributed by atoms with E-state index in [2.05, 4.69) is 27.2 Å². The van der Waals surface area contributed by atoms with Gasteiger partial charge < -0.3 is 5.73 Å². The molecule has 2 aromatic heterocycles. The van der Waals surface area contributed by atoms with Crippen molar-refractivity contribution in [2.45, 2.75) is 19.3 Å². The predicted molar refractivity (Wildman–Crippen MR) is 99.5 cm³/mol. The number of para-hydroxylation sites is 1. The maximum atomic E-state index is 14.0. The highest BCUT2D eigenvalue weighted by atomic mass is 19.1. The number of anilines is 1. The molecular formula is C20H18FN5. The number of halogens is 1. The highest BCUT2D eigenvalue weighted by Crippen LogP contribution is 2.20. The van der Waals surface area contributed by atoms with Gasteiger partial charge in [0.1, 0.15) is 22.8 Å². The number of rotatable bonds is 5. The van der Waals surface area contributed by atoms with E-state index in [-0.39, 0.29) is 5.82 Å². The minimum atomic E-state index is -0.352. The van der Waals surface area contributed by atoms with Gasteiger partial charge in [-0.2, -0.15) is 5.10 Å². The number of hydrogen-bond donors (Lipinski definition) is 1. The first-order valence-electron chi connectivity index (χ1n) is 8.51. The first kappa shape index (κ1) is 16.2. The van der Waals surface area contributed by atoms with Crippen LogP contribution in [0.25, 0.3) is 16.7 Å². The molecule has 130 valence electrons. The van der Waals surface area contributed by atoms with Gasteiger partial charge in [-0.3, -0.25) is 0 Å². The largest absolute Gasteiger partial charge is 0.382 e. The van der Waals surface area contributed by atoms with Crippen LogP contribution >= 0.6 is 0 Å². The highest BCUT2D eigenvalue weighted by Gasteiger charge is 2.12. The fourth-order valence-corrected chi connectivity index (χ4v) is 2.95. The van der Waals surface area contributed by atoms with Gasteiger partial charge in [-0.1, -0.05) is 42.5 Å². The van der Waals surface area contributed by atoms with Crippen molar-refractivity contribution in [2.24, 2.45) is 0 Å². The number of nitrogens with zero attached hydrogens (tertiary/aromatic N) is 4. The topological polar surface area (TPSA) is 69.6 Å². The Labute approximate surface area is 150 Å². The van der Waals surface area contributed by atoms with Crippen LogP contribution in [-0.4, -0.2) is 19.7 Å². The monoisotopic (exact) mass is 347 g/mol. The van der Waals surface area contributed by atoms with Crippen molar-refractivity contribution in [1.82, 2.24) is 19.7 Å². The summed E-state index contributed by atoms with van der Waals surface area (Å²) in [7, 11) is 0. The van der Waals surface area contributed by atoms with Gasteiger partial charge in [0, 0.05) is 6.42 Å². The van der Waals surface area contributed by atoms with Gasteiger partial charge >= 0.3 is 0 Å². The molecule has 0 aliphatic rings. The standard InChI is InChI=1S/C20H18FN5/c21-15-10-4-5-11-17(15)26-13-16-19(25-26)20(22)24-18(23-16)12-6-9-14-7-2-1-3-8-14/h1-5,7-8,10-11,13H,6,9,12H2,(H2,22,23,24). The third-order valence-electron chi connectivity index (χ3n) is 4.24. The van der Waals surface area contributed by atoms with E-state index in [9.17, 15) is 4.39 Å². The van der Waals surface area contributed by atoms with Crippen LogP contribution in [-0.2, 0) is 12.8 Å². The molecule has 5 nitrogen and oxygen atoms in total. The number of hydrogen-bond acceptors (Lipinski definition) is 4. The Hall–Kier alpha value is -3.28. The molecule has 2 heterocycles. The van der Waals surface area contributed by atoms with E-state index in [1.54, 1.807) is 24.4 Å². The van der Waals surface area contributed by atoms with Gasteiger partial charge in [0.2, 0.25) is 0 Å². The van der Waals surface area contributed by atoms with Crippen LogP contribution in [0.2, 0.25) is 0 Å². The van der Waals surface area contributed by atoms with Crippen LogP contribution in [0.5, 0.6) is 0 Å². The molecule has 0 saturated heterocycles. The Morgan fingerprint density at radius 3 is 2.50 bits per heavy atom. The van der Waals surface area contributed by atoms with Gasteiger partial charge in [-0.15, -0.1) is 0 Å². The van der Waals surface area contributed by atoms with Crippen molar-refractivity contribution < 1.29 is 4.39 Å². The van der Waals surface area contributed by atoms with E-state index in [1.807, 2.05) is 18.2 Å². The molecule has 2 aromatic carbocycles. The van der Waals surface area contributed by atoms with Crippen LogP contribution < -0.4 is 5.73 Å². The SMILES string of the molecule is Nc1nc(CCCc2ccccc2)nc2cn(-c3ccccc3F)nc12. The molecule has 0 unspecified atom stereocenters. The van der Waals surface area contributed by atoms with Crippen LogP contribution in [0.15, 0.2) is 60.8 Å². The average Bonchev–Trinajstić information content (AvgIpc) is 3.07. The molecule has 0 spiro atoms. The molecule has 0 fully saturated rings. The summed E-state index contributed by atoms with van der Waals surface area (Å²) >= 11 is 0. The minimum Gasteiger partial charge on any atom is -0.382 e. The summed E-state index contributed by atoms with van der Waals surface area (Å²) < 4.78 is 15.4. The molecule has 6 heteroatoms. The third kappa shape index (κ3) is 3.26. The highest BCUT2D eigenvalue weighted by molar-refractivity contribution is 5.83. The molecule has 0 amide bonds. The second-order valence-electron chi connectivity index (χ2n) is 6.12. The van der Waals surface area contributed by atoms with Crippen molar-refractivity contribution >= 4 is 16.9 Å². The van der Waals surface area contributed by atoms with E-state index in [0.717, 1.165) is 19.3 Å². The fourth-order valence-electron chi connectivity index (χ4n) is 2.95. The molecule has 0 bridgehead atoms. The summed E-state index contributed by atoms with van der Waals surface area (Å²) in [6.07, 6.45) is 4.29. The summed E-state index contributed by atoms with van der Waals surface area (Å²) in [6.45, 7) is 0. The maximum absolute atomic E-state index is 14.0. The number of aromatic nitrogens is 4. The first-order valence-corrected chi connectivity index (χ1v) is 8.51. The molecule has 4 rings (SSSR count). The quantitative estimate of drug-likeness (QED) is 0.597. The van der Waals surface area contributed by atoms with Gasteiger partial charge in [0.05, 0.1) is 6.20 Å². The lowest BCUT2D eigenvalue weighted by atomic mass is 10.1. The van der Waals surface area contributed by atoms with Gasteiger partial charge in [-0.05, 0) is 30.5 Å². The second kappa shape index (κ2) is 6.92. The molecule has 0 saturated carbocycles. The van der Waals surface area contributed by atoms with Crippen molar-refractivity contribution in [3.8, 4) is 5.69 Å². The summed E-state index contributed by atoms with van der Waals surface area (Å²) in [5.41, 5.74) is 8.80. The third-order valence-corrected chi connectivity index (χ3v) is 4.24. The van der Waals surface area contributed by atoms with E-state index in [1.165, 1.54) is 16.3 Å². The van der Waals surface area contributed by atoms with Crippen LogP contribution in [0.3, 0.4) is 0 Å². The molecule has 2 N–H and O–H groups in total. The second-order valence-corrected chi connectivity index (χ2v) is 6.12. The van der Waals surface area contributed by atoms with E-state index >= 15 is 0 Å². The molecule has 0 aliphatic heterocycles. The zero-order chi connectivity index (χ0) is 17.9. The minimum absolute atomic E-state index is 0.319. The van der Waals surface area contributed by atoms with Crippen LogP contribution in [0.1, 0.15) is 17.8 Å². The van der Waals surface area contributed by atoms with E-state index in [0.29, 0.717) is 28.4 Å². The Bertz CT molecular complexity index is 1040. The number of nitrogen functional groups attached to an aromatic ring is 1. The van der Waals surface area contributed by atoms with Gasteiger partial charge in [0.15, 0.2) is 11.3 Å². The van der Waals surface area contributed by atoms with Gasteiger partial charge in [-0.25, -0.2) is 19.0 Å². The Kier molecular flexibility index (Phi) is 4.31. The lowest BCUT2D eigenvalue weighted by Gasteiger charge is -2.02. The summed E-state index contributed by atoms with van der Waals surface area (Å²) in [5, 5.41) is 4.34. The fraction of sp³-hybridized carbons (Fsp3) is 0.150. The van der Waals surface area contributed by atoms with Crippen molar-refractivity contribution in [3.05, 3.63) is 78.0 Å². The summed E-state index contributed by atoms with van der Waals surface area (Å²) in [4.78, 5) is 8.91. The molecule has 0 radical (unpaired) electrons. The Morgan fingerprint density at radius 2 is 1.69 bits per heavy atom. The summed E-state index contributed by atoms with van der Waals surface area (Å²) in [5.74, 6) is 0.647. The number of nitrogens with two attached hydrogens (primary N) is 1. The molecule has 26 heavy (non-hydrogen) atoms. The summed E-state index contributed by atoms with van der Waals surface area (Å²) in [6, 6.07) is 16.7. The number of benzene rings is 2. The normalized spacial score (nSPS) is 11.1. The van der Waals surface area contributed by atoms with Crippen molar-refractivity contribution in [1.29, 1.82) is 0 Å². The number of aryl methyl sites for hydroxylation is 2. The molecule has 0 aliphatic carbocycles. The van der Waals surface area contributed by atoms with Crippen molar-refractivity contribution in [2.75, 3.05) is 5.73 Å².